The van der Waals surface area contributed by atoms with Gasteiger partial charge in [0.15, 0.2) is 9.84 Å². The fourth-order valence-electron chi connectivity index (χ4n) is 2.70. The average Bonchev–Trinajstić information content (AvgIpc) is 2.65. The van der Waals surface area contributed by atoms with E-state index in [4.69, 9.17) is 0 Å². The molecule has 140 valence electrons. The number of hydrogen-bond donors (Lipinski definition) is 2. The van der Waals surface area contributed by atoms with Crippen LogP contribution in [0.3, 0.4) is 0 Å². The van der Waals surface area contributed by atoms with Gasteiger partial charge in [-0.2, -0.15) is 0 Å². The molecule has 0 spiro atoms. The second-order valence-electron chi connectivity index (χ2n) is 6.37. The minimum Gasteiger partial charge on any atom is -0.352 e. The largest absolute Gasteiger partial charge is 0.352 e. The maximum Gasteiger partial charge on any atom is 0.253 e. The van der Waals surface area contributed by atoms with Crippen LogP contribution in [0.2, 0.25) is 0 Å². The summed E-state index contributed by atoms with van der Waals surface area (Å²) in [5.41, 5.74) is 1.83. The SMILES string of the molecule is Cc1ccc(S(=O)(=O)CCC(=O)NCc2cc3ccccc3[nH]c2=O)cc1. The van der Waals surface area contributed by atoms with Gasteiger partial charge in [-0.3, -0.25) is 9.59 Å². The van der Waals surface area contributed by atoms with Crippen LogP contribution in [-0.2, 0) is 21.2 Å². The molecule has 0 aliphatic rings. The van der Waals surface area contributed by atoms with Crippen LogP contribution in [0.25, 0.3) is 10.9 Å². The molecule has 7 heteroatoms. The van der Waals surface area contributed by atoms with Gasteiger partial charge in [0.05, 0.1) is 10.6 Å². The first kappa shape index (κ1) is 18.8. The molecule has 1 heterocycles. The summed E-state index contributed by atoms with van der Waals surface area (Å²) in [6.07, 6.45) is -0.165. The van der Waals surface area contributed by atoms with Gasteiger partial charge >= 0.3 is 0 Å². The Bertz CT molecular complexity index is 1130. The molecule has 0 saturated heterocycles. The van der Waals surface area contributed by atoms with E-state index in [2.05, 4.69) is 10.3 Å². The molecule has 0 saturated carbocycles. The summed E-state index contributed by atoms with van der Waals surface area (Å²) < 4.78 is 24.6. The van der Waals surface area contributed by atoms with Crippen LogP contribution in [0.15, 0.2) is 64.3 Å². The number of aryl methyl sites for hydroxylation is 1. The van der Waals surface area contributed by atoms with Crippen molar-refractivity contribution in [2.24, 2.45) is 0 Å². The fourth-order valence-corrected chi connectivity index (χ4v) is 3.94. The maximum absolute atomic E-state index is 12.3. The van der Waals surface area contributed by atoms with Crippen LogP contribution in [0.4, 0.5) is 0 Å². The lowest BCUT2D eigenvalue weighted by Crippen LogP contribution is -2.28. The fraction of sp³-hybridized carbons (Fsp3) is 0.200. The van der Waals surface area contributed by atoms with Crippen molar-refractivity contribution in [3.05, 3.63) is 76.1 Å². The number of aromatic amines is 1. The van der Waals surface area contributed by atoms with Gasteiger partial charge in [0.25, 0.3) is 5.56 Å². The normalized spacial score (nSPS) is 11.4. The Hall–Kier alpha value is -2.93. The Morgan fingerprint density at radius 1 is 1.07 bits per heavy atom. The van der Waals surface area contributed by atoms with Gasteiger partial charge in [-0.25, -0.2) is 8.42 Å². The molecular weight excluding hydrogens is 364 g/mol. The lowest BCUT2D eigenvalue weighted by molar-refractivity contribution is -0.120. The van der Waals surface area contributed by atoms with Crippen molar-refractivity contribution in [1.82, 2.24) is 10.3 Å². The van der Waals surface area contributed by atoms with Crippen LogP contribution >= 0.6 is 0 Å². The van der Waals surface area contributed by atoms with Gasteiger partial charge in [0, 0.05) is 24.0 Å². The third-order valence-electron chi connectivity index (χ3n) is 4.28. The number of rotatable bonds is 6. The van der Waals surface area contributed by atoms with E-state index in [1.54, 1.807) is 24.3 Å². The Balaban J connectivity index is 1.61. The summed E-state index contributed by atoms with van der Waals surface area (Å²) >= 11 is 0. The highest BCUT2D eigenvalue weighted by Crippen LogP contribution is 2.13. The van der Waals surface area contributed by atoms with E-state index in [9.17, 15) is 18.0 Å². The number of H-pyrrole nitrogens is 1. The highest BCUT2D eigenvalue weighted by atomic mass is 32.2. The van der Waals surface area contributed by atoms with Gasteiger partial charge in [0.1, 0.15) is 0 Å². The number of fused-ring (bicyclic) bond motifs is 1. The standard InChI is InChI=1S/C20H20N2O4S/c1-14-6-8-17(9-7-14)27(25,26)11-10-19(23)21-13-16-12-15-4-2-3-5-18(15)22-20(16)24/h2-9,12H,10-11,13H2,1H3,(H,21,23)(H,22,24). The van der Waals surface area contributed by atoms with Crippen LogP contribution in [0.5, 0.6) is 0 Å². The molecule has 27 heavy (non-hydrogen) atoms. The third kappa shape index (κ3) is 4.62. The average molecular weight is 384 g/mol. The summed E-state index contributed by atoms with van der Waals surface area (Å²) in [7, 11) is -3.52. The van der Waals surface area contributed by atoms with Crippen molar-refractivity contribution in [2.45, 2.75) is 24.8 Å². The zero-order valence-corrected chi connectivity index (χ0v) is 15.7. The van der Waals surface area contributed by atoms with Crippen molar-refractivity contribution in [2.75, 3.05) is 5.75 Å². The zero-order valence-electron chi connectivity index (χ0n) is 14.9. The topological polar surface area (TPSA) is 96.1 Å². The molecular formula is C20H20N2O4S. The monoisotopic (exact) mass is 384 g/mol. The molecule has 1 aromatic heterocycles. The van der Waals surface area contributed by atoms with Crippen molar-refractivity contribution < 1.29 is 13.2 Å². The van der Waals surface area contributed by atoms with Gasteiger partial charge in [-0.1, -0.05) is 35.9 Å². The molecule has 6 nitrogen and oxygen atoms in total. The smallest absolute Gasteiger partial charge is 0.253 e. The highest BCUT2D eigenvalue weighted by Gasteiger charge is 2.16. The number of nitrogens with one attached hydrogen (secondary N) is 2. The molecule has 0 radical (unpaired) electrons. The Morgan fingerprint density at radius 2 is 1.78 bits per heavy atom. The number of hydrogen-bond acceptors (Lipinski definition) is 4. The Kier molecular flexibility index (Phi) is 5.41. The zero-order chi connectivity index (χ0) is 19.4. The Morgan fingerprint density at radius 3 is 2.52 bits per heavy atom. The molecule has 0 atom stereocenters. The number of pyridine rings is 1. The van der Waals surface area contributed by atoms with Crippen LogP contribution in [0.1, 0.15) is 17.5 Å². The minimum absolute atomic E-state index is 0.0452. The van der Waals surface area contributed by atoms with E-state index in [1.807, 2.05) is 25.1 Å². The molecule has 0 bridgehead atoms. The highest BCUT2D eigenvalue weighted by molar-refractivity contribution is 7.91. The summed E-state index contributed by atoms with van der Waals surface area (Å²) in [4.78, 5) is 27.1. The van der Waals surface area contributed by atoms with E-state index in [0.29, 0.717) is 5.56 Å². The second-order valence-corrected chi connectivity index (χ2v) is 8.48. The number of amides is 1. The molecule has 0 aliphatic carbocycles. The molecule has 0 aliphatic heterocycles. The first-order valence-corrected chi connectivity index (χ1v) is 10.2. The van der Waals surface area contributed by atoms with Crippen molar-refractivity contribution in [1.29, 1.82) is 0 Å². The molecule has 1 amide bonds. The van der Waals surface area contributed by atoms with Gasteiger partial charge in [0.2, 0.25) is 5.91 Å². The predicted molar refractivity (Wildman–Crippen MR) is 104 cm³/mol. The van der Waals surface area contributed by atoms with Gasteiger partial charge < -0.3 is 10.3 Å². The van der Waals surface area contributed by atoms with E-state index in [0.717, 1.165) is 16.5 Å². The number of benzene rings is 2. The van der Waals surface area contributed by atoms with Gasteiger partial charge in [-0.15, -0.1) is 0 Å². The molecule has 3 aromatic rings. The summed E-state index contributed by atoms with van der Waals surface area (Å²) in [5.74, 6) is -0.700. The van der Waals surface area contributed by atoms with E-state index >= 15 is 0 Å². The van der Waals surface area contributed by atoms with E-state index in [-0.39, 0.29) is 29.2 Å². The lowest BCUT2D eigenvalue weighted by atomic mass is 10.1. The second kappa shape index (κ2) is 7.75. The van der Waals surface area contributed by atoms with Crippen LogP contribution < -0.4 is 10.9 Å². The molecule has 0 fully saturated rings. The van der Waals surface area contributed by atoms with Crippen molar-refractivity contribution in [3.8, 4) is 0 Å². The van der Waals surface area contributed by atoms with Crippen molar-refractivity contribution in [3.63, 3.8) is 0 Å². The Labute approximate surface area is 157 Å². The van der Waals surface area contributed by atoms with Crippen LogP contribution in [0, 0.1) is 6.92 Å². The maximum atomic E-state index is 12.3. The van der Waals surface area contributed by atoms with Gasteiger partial charge in [-0.05, 0) is 36.6 Å². The quantitative estimate of drug-likeness (QED) is 0.682. The minimum atomic E-state index is -3.52. The van der Waals surface area contributed by atoms with E-state index in [1.165, 1.54) is 12.1 Å². The first-order chi connectivity index (χ1) is 12.8. The molecule has 3 rings (SSSR count). The number of sulfone groups is 1. The number of aromatic nitrogens is 1. The summed E-state index contributed by atoms with van der Waals surface area (Å²) in [5, 5.41) is 3.48. The van der Waals surface area contributed by atoms with Crippen molar-refractivity contribution >= 4 is 26.6 Å². The summed E-state index contributed by atoms with van der Waals surface area (Å²) in [6.45, 7) is 1.92. The number of carbonyl (C=O) groups excluding carboxylic acids is 1. The predicted octanol–water partition coefficient (Wildman–Crippen LogP) is 2.32. The third-order valence-corrected chi connectivity index (χ3v) is 6.02. The van der Waals surface area contributed by atoms with Crippen LogP contribution in [-0.4, -0.2) is 25.1 Å². The molecule has 2 N–H and O–H groups in total. The summed E-state index contributed by atoms with van der Waals surface area (Å²) in [6, 6.07) is 15.6. The molecule has 0 unspecified atom stereocenters. The lowest BCUT2D eigenvalue weighted by Gasteiger charge is -2.07. The molecule has 2 aromatic carbocycles. The van der Waals surface area contributed by atoms with E-state index < -0.39 is 15.7 Å². The number of carbonyl (C=O) groups is 1. The first-order valence-electron chi connectivity index (χ1n) is 8.52. The number of para-hydroxylation sites is 1.